The van der Waals surface area contributed by atoms with E-state index in [4.69, 9.17) is 16.3 Å². The van der Waals surface area contributed by atoms with Gasteiger partial charge in [0.25, 0.3) is 0 Å². The van der Waals surface area contributed by atoms with Crippen molar-refractivity contribution in [1.82, 2.24) is 4.90 Å². The van der Waals surface area contributed by atoms with Gasteiger partial charge in [-0.15, -0.1) is 0 Å². The average molecular weight is 442 g/mol. The Morgan fingerprint density at radius 3 is 2.21 bits per heavy atom. The maximum absolute atomic E-state index is 12.8. The monoisotopic (exact) mass is 441 g/mol. The number of hydrogen-bond donors (Lipinski definition) is 1. The number of piperidine rings is 1. The first-order valence-electron chi connectivity index (χ1n) is 9.99. The predicted octanol–water partition coefficient (Wildman–Crippen LogP) is 4.98. The third-order valence-corrected chi connectivity index (χ3v) is 6.21. The number of likely N-dealkylation sites (tertiary alicyclic amines) is 1. The summed E-state index contributed by atoms with van der Waals surface area (Å²) < 4.78 is 27.9. The summed E-state index contributed by atoms with van der Waals surface area (Å²) in [6.07, 6.45) is 3.72. The number of nitrogens with zero attached hydrogens (tertiary/aromatic N) is 1. The Hall–Kier alpha value is -1.21. The third kappa shape index (κ3) is 7.21. The Labute approximate surface area is 181 Å². The molecule has 1 aromatic rings. The Balaban J connectivity index is 2.14. The summed E-state index contributed by atoms with van der Waals surface area (Å²) in [5.41, 5.74) is 1.74. The molecule has 2 rings (SSSR count). The molecule has 5 nitrogen and oxygen atoms in total. The Kier molecular flexibility index (Phi) is 8.47. The molecule has 1 aliphatic heterocycles. The second kappa shape index (κ2) is 10.2. The molecule has 1 aliphatic rings. The Morgan fingerprint density at radius 2 is 1.76 bits per heavy atom. The van der Waals surface area contributed by atoms with Crippen molar-refractivity contribution in [2.45, 2.75) is 58.4 Å². The van der Waals surface area contributed by atoms with Crippen molar-refractivity contribution in [3.05, 3.63) is 40.4 Å². The van der Waals surface area contributed by atoms with Gasteiger partial charge in [0.15, 0.2) is 11.1 Å². The zero-order valence-corrected chi connectivity index (χ0v) is 19.4. The molecule has 0 amide bonds. The molecule has 1 saturated heterocycles. The lowest BCUT2D eigenvalue weighted by atomic mass is 9.92. The van der Waals surface area contributed by atoms with Crippen LogP contribution in [0.4, 0.5) is 0 Å². The van der Waals surface area contributed by atoms with Gasteiger partial charge in [0, 0.05) is 18.1 Å². The zero-order chi connectivity index (χ0) is 21.8. The van der Waals surface area contributed by atoms with Crippen molar-refractivity contribution < 1.29 is 18.3 Å². The van der Waals surface area contributed by atoms with Crippen LogP contribution in [-0.4, -0.2) is 43.7 Å². The van der Waals surface area contributed by atoms with E-state index in [0.29, 0.717) is 18.1 Å². The van der Waals surface area contributed by atoms with Crippen LogP contribution in [0.5, 0.6) is 0 Å². The largest absolute Gasteiger partial charge is 0.460 e. The summed E-state index contributed by atoms with van der Waals surface area (Å²) in [6, 6.07) is 7.68. The lowest BCUT2D eigenvalue weighted by Crippen LogP contribution is -2.51. The van der Waals surface area contributed by atoms with Crippen molar-refractivity contribution in [2.24, 2.45) is 11.8 Å². The molecular weight excluding hydrogens is 410 g/mol. The number of esters is 1. The lowest BCUT2D eigenvalue weighted by Gasteiger charge is -2.38. The molecule has 29 heavy (non-hydrogen) atoms. The molecular formula is C22H32ClNO4S. The van der Waals surface area contributed by atoms with Crippen molar-refractivity contribution in [1.29, 1.82) is 0 Å². The van der Waals surface area contributed by atoms with Gasteiger partial charge in [-0.2, -0.15) is 0 Å². The number of carbonyl (C=O) groups excluding carboxylic acids is 1. The normalized spacial score (nSPS) is 19.0. The Bertz CT molecular complexity index is 745. The molecule has 0 bridgehead atoms. The maximum atomic E-state index is 12.8. The van der Waals surface area contributed by atoms with Gasteiger partial charge in [0.05, 0.1) is 5.92 Å². The number of ether oxygens (including phenoxy) is 1. The minimum atomic E-state index is -2.16. The van der Waals surface area contributed by atoms with Crippen molar-refractivity contribution in [3.8, 4) is 0 Å². The summed E-state index contributed by atoms with van der Waals surface area (Å²) in [6.45, 7) is 10.5. The summed E-state index contributed by atoms with van der Waals surface area (Å²) >= 11 is 3.78. The standard InChI is InChI=1S/C22H32ClNO4S/c1-15(2)19(21(25)28-22(3,4)5)20(29(26)27)24-12-10-17(11-13-24)14-16-6-8-18(23)9-7-16/h6-9,14-15,19-20H,10-13H2,1-5H3,(H,26,27). The molecule has 1 fully saturated rings. The highest BCUT2D eigenvalue weighted by Crippen LogP contribution is 2.30. The van der Waals surface area contributed by atoms with E-state index >= 15 is 0 Å². The number of rotatable bonds is 6. The Morgan fingerprint density at radius 1 is 1.21 bits per heavy atom. The molecule has 7 heteroatoms. The van der Waals surface area contributed by atoms with E-state index < -0.39 is 33.9 Å². The van der Waals surface area contributed by atoms with Gasteiger partial charge in [-0.05, 0) is 57.2 Å². The molecule has 1 aromatic carbocycles. The number of hydrogen-bond acceptors (Lipinski definition) is 4. The van der Waals surface area contributed by atoms with Gasteiger partial charge in [-0.3, -0.25) is 9.69 Å². The molecule has 3 atom stereocenters. The molecule has 162 valence electrons. The number of carbonyl (C=O) groups is 1. The fourth-order valence-corrected chi connectivity index (χ4v) is 4.84. The fraction of sp³-hybridized carbons (Fsp3) is 0.591. The van der Waals surface area contributed by atoms with Crippen LogP contribution in [-0.2, 0) is 20.6 Å². The van der Waals surface area contributed by atoms with Crippen LogP contribution in [0.15, 0.2) is 29.8 Å². The van der Waals surface area contributed by atoms with Crippen molar-refractivity contribution in [3.63, 3.8) is 0 Å². The maximum Gasteiger partial charge on any atom is 0.312 e. The van der Waals surface area contributed by atoms with Crippen LogP contribution >= 0.6 is 11.6 Å². The first kappa shape index (κ1) is 24.1. The average Bonchev–Trinajstić information content (AvgIpc) is 2.60. The minimum absolute atomic E-state index is 0.114. The highest BCUT2D eigenvalue weighted by Gasteiger charge is 2.41. The molecule has 0 radical (unpaired) electrons. The molecule has 1 N–H and O–H groups in total. The second-order valence-corrected chi connectivity index (χ2v) is 10.3. The summed E-state index contributed by atoms with van der Waals surface area (Å²) in [4.78, 5) is 14.8. The summed E-state index contributed by atoms with van der Waals surface area (Å²) in [5.74, 6) is -1.19. The van der Waals surface area contributed by atoms with Gasteiger partial charge in [0.1, 0.15) is 11.0 Å². The molecule has 1 heterocycles. The van der Waals surface area contributed by atoms with Crippen LogP contribution in [0, 0.1) is 11.8 Å². The minimum Gasteiger partial charge on any atom is -0.460 e. The predicted molar refractivity (Wildman–Crippen MR) is 119 cm³/mol. The molecule has 0 aromatic heterocycles. The van der Waals surface area contributed by atoms with Crippen LogP contribution < -0.4 is 0 Å². The number of benzene rings is 1. The summed E-state index contributed by atoms with van der Waals surface area (Å²) in [5, 5.41) is -0.0703. The first-order chi connectivity index (χ1) is 13.5. The lowest BCUT2D eigenvalue weighted by molar-refractivity contribution is -0.163. The van der Waals surface area contributed by atoms with Crippen LogP contribution in [0.2, 0.25) is 5.02 Å². The molecule has 0 saturated carbocycles. The first-order valence-corrected chi connectivity index (χ1v) is 11.5. The van der Waals surface area contributed by atoms with Crippen molar-refractivity contribution in [2.75, 3.05) is 13.1 Å². The SMILES string of the molecule is CC(C)C(C(=O)OC(C)(C)C)C(N1CCC(=Cc2ccc(Cl)cc2)CC1)S(=O)O. The van der Waals surface area contributed by atoms with E-state index in [-0.39, 0.29) is 5.92 Å². The fourth-order valence-electron chi connectivity index (χ4n) is 3.57. The van der Waals surface area contributed by atoms with Crippen LogP contribution in [0.1, 0.15) is 53.0 Å². The van der Waals surface area contributed by atoms with E-state index in [1.165, 1.54) is 5.57 Å². The molecule has 0 aliphatic carbocycles. The van der Waals surface area contributed by atoms with E-state index in [9.17, 15) is 13.6 Å². The van der Waals surface area contributed by atoms with Gasteiger partial charge in [-0.1, -0.05) is 49.2 Å². The number of halogens is 1. The zero-order valence-electron chi connectivity index (χ0n) is 17.9. The van der Waals surface area contributed by atoms with E-state index in [1.807, 2.05) is 63.8 Å². The molecule has 3 unspecified atom stereocenters. The van der Waals surface area contributed by atoms with Gasteiger partial charge >= 0.3 is 5.97 Å². The van der Waals surface area contributed by atoms with E-state index in [1.54, 1.807) is 0 Å². The van der Waals surface area contributed by atoms with Gasteiger partial charge < -0.3 is 9.29 Å². The third-order valence-electron chi connectivity index (χ3n) is 4.95. The van der Waals surface area contributed by atoms with E-state index in [0.717, 1.165) is 18.4 Å². The van der Waals surface area contributed by atoms with Crippen LogP contribution in [0.3, 0.4) is 0 Å². The highest BCUT2D eigenvalue weighted by atomic mass is 35.5. The second-order valence-electron chi connectivity index (χ2n) is 8.86. The van der Waals surface area contributed by atoms with Crippen molar-refractivity contribution >= 4 is 34.7 Å². The summed E-state index contributed by atoms with van der Waals surface area (Å²) in [7, 11) is 0. The molecule has 0 spiro atoms. The van der Waals surface area contributed by atoms with Gasteiger partial charge in [-0.25, -0.2) is 4.21 Å². The smallest absolute Gasteiger partial charge is 0.312 e. The quantitative estimate of drug-likeness (QED) is 0.498. The van der Waals surface area contributed by atoms with Gasteiger partial charge in [0.2, 0.25) is 0 Å². The topological polar surface area (TPSA) is 66.8 Å². The van der Waals surface area contributed by atoms with E-state index in [2.05, 4.69) is 6.08 Å². The van der Waals surface area contributed by atoms with Crippen LogP contribution in [0.25, 0.3) is 6.08 Å². The highest BCUT2D eigenvalue weighted by molar-refractivity contribution is 7.79.